The topological polar surface area (TPSA) is 64.6 Å². The molecule has 0 saturated carbocycles. The van der Waals surface area contributed by atoms with Crippen molar-refractivity contribution in [2.24, 2.45) is 0 Å². The Bertz CT molecular complexity index is 754. The molecule has 1 aliphatic heterocycles. The fourth-order valence-electron chi connectivity index (χ4n) is 2.30. The van der Waals surface area contributed by atoms with E-state index in [2.05, 4.69) is 4.72 Å². The highest BCUT2D eigenvalue weighted by Gasteiger charge is 2.52. The molecule has 1 aromatic rings. The van der Waals surface area contributed by atoms with E-state index in [4.69, 9.17) is 20.9 Å². The van der Waals surface area contributed by atoms with Gasteiger partial charge in [0.15, 0.2) is 0 Å². The fraction of sp³-hybridized carbons (Fsp3) is 0.625. The van der Waals surface area contributed by atoms with E-state index in [0.29, 0.717) is 6.42 Å². The monoisotopic (exact) mass is 391 g/mol. The van der Waals surface area contributed by atoms with Crippen molar-refractivity contribution in [1.29, 1.82) is 0 Å². The predicted molar refractivity (Wildman–Crippen MR) is 99.4 cm³/mol. The number of rotatable bonds is 5. The van der Waals surface area contributed by atoms with Crippen LogP contribution >= 0.6 is 11.6 Å². The van der Waals surface area contributed by atoms with Crippen molar-refractivity contribution < 1.29 is 22.1 Å². The number of benzene rings is 1. The lowest BCUT2D eigenvalue weighted by atomic mass is 9.78. The van der Waals surface area contributed by atoms with Crippen LogP contribution in [0.15, 0.2) is 12.1 Å². The number of anilines is 1. The van der Waals surface area contributed by atoms with Gasteiger partial charge in [0.05, 0.1) is 22.1 Å². The molecule has 25 heavy (non-hydrogen) atoms. The lowest BCUT2D eigenvalue weighted by Crippen LogP contribution is -2.41. The third kappa shape index (κ3) is 3.97. The first-order chi connectivity index (χ1) is 11.3. The lowest BCUT2D eigenvalue weighted by molar-refractivity contribution is 0.00578. The predicted octanol–water partition coefficient (Wildman–Crippen LogP) is 3.32. The van der Waals surface area contributed by atoms with E-state index >= 15 is 0 Å². The van der Waals surface area contributed by atoms with E-state index in [-0.39, 0.29) is 16.2 Å². The van der Waals surface area contributed by atoms with Crippen LogP contribution in [0.1, 0.15) is 48.0 Å². The summed E-state index contributed by atoms with van der Waals surface area (Å²) >= 11 is 6.07. The number of halogens is 2. The van der Waals surface area contributed by atoms with Gasteiger partial charge in [-0.1, -0.05) is 18.5 Å². The second-order valence-corrected chi connectivity index (χ2v) is 9.85. The van der Waals surface area contributed by atoms with Crippen molar-refractivity contribution in [1.82, 2.24) is 0 Å². The average Bonchev–Trinajstić information content (AvgIpc) is 2.69. The molecule has 1 heterocycles. The quantitative estimate of drug-likeness (QED) is 0.782. The van der Waals surface area contributed by atoms with Crippen LogP contribution in [0.3, 0.4) is 0 Å². The van der Waals surface area contributed by atoms with E-state index < -0.39 is 39.4 Å². The minimum atomic E-state index is -3.72. The van der Waals surface area contributed by atoms with Gasteiger partial charge in [-0.3, -0.25) is 4.72 Å². The highest BCUT2D eigenvalue weighted by atomic mass is 35.5. The smallest absolute Gasteiger partial charge is 0.399 e. The van der Waals surface area contributed by atoms with Crippen LogP contribution in [0.2, 0.25) is 5.02 Å². The third-order valence-electron chi connectivity index (χ3n) is 4.93. The molecule has 1 aromatic carbocycles. The van der Waals surface area contributed by atoms with Crippen LogP contribution in [-0.4, -0.2) is 32.0 Å². The van der Waals surface area contributed by atoms with Crippen LogP contribution in [-0.2, 0) is 19.3 Å². The second kappa shape index (κ2) is 6.72. The Hall–Kier alpha value is -0.825. The number of hydrogen-bond acceptors (Lipinski definition) is 4. The molecule has 140 valence electrons. The normalized spacial score (nSPS) is 20.6. The standard InChI is InChI=1S/C16H24BClFNO4S/c1-7-10(2)25(21,22)20-13-9-11(18)8-12(14(13)19)17-23-15(3,4)16(5,6)24-17/h8-10,20H,7H2,1-6H3. The van der Waals surface area contributed by atoms with Gasteiger partial charge in [0.1, 0.15) is 5.82 Å². The Balaban J connectivity index is 2.42. The fourth-order valence-corrected chi connectivity index (χ4v) is 3.62. The van der Waals surface area contributed by atoms with Crippen molar-refractivity contribution in [2.45, 2.75) is 64.4 Å². The molecular weight excluding hydrogens is 368 g/mol. The molecule has 1 saturated heterocycles. The first-order valence-corrected chi connectivity index (χ1v) is 10.1. The van der Waals surface area contributed by atoms with Gasteiger partial charge in [-0.25, -0.2) is 12.8 Å². The molecule has 1 unspecified atom stereocenters. The molecule has 1 fully saturated rings. The molecular formula is C16H24BClFNO4S. The Morgan fingerprint density at radius 3 is 2.24 bits per heavy atom. The first-order valence-electron chi connectivity index (χ1n) is 8.17. The van der Waals surface area contributed by atoms with E-state index in [9.17, 15) is 12.8 Å². The second-order valence-electron chi connectivity index (χ2n) is 7.31. The van der Waals surface area contributed by atoms with Gasteiger partial charge in [-0.05, 0) is 53.2 Å². The molecule has 0 amide bonds. The van der Waals surface area contributed by atoms with Crippen LogP contribution in [0, 0.1) is 5.82 Å². The van der Waals surface area contributed by atoms with Crippen LogP contribution in [0.5, 0.6) is 0 Å². The van der Waals surface area contributed by atoms with Gasteiger partial charge in [0.25, 0.3) is 0 Å². The van der Waals surface area contributed by atoms with Gasteiger partial charge >= 0.3 is 7.12 Å². The zero-order valence-electron chi connectivity index (χ0n) is 15.3. The molecule has 0 aromatic heterocycles. The molecule has 1 atom stereocenters. The average molecular weight is 392 g/mol. The van der Waals surface area contributed by atoms with Crippen LogP contribution in [0.25, 0.3) is 0 Å². The summed E-state index contributed by atoms with van der Waals surface area (Å²) in [6.45, 7) is 10.7. The van der Waals surface area contributed by atoms with Gasteiger partial charge < -0.3 is 9.31 Å². The molecule has 0 radical (unpaired) electrons. The van der Waals surface area contributed by atoms with Gasteiger partial charge in [0.2, 0.25) is 10.0 Å². The maximum atomic E-state index is 15.0. The zero-order chi connectivity index (χ0) is 19.2. The van der Waals surface area contributed by atoms with Gasteiger partial charge in [-0.15, -0.1) is 0 Å². The summed E-state index contributed by atoms with van der Waals surface area (Å²) in [6.07, 6.45) is 0.404. The molecule has 1 aliphatic rings. The maximum absolute atomic E-state index is 15.0. The highest BCUT2D eigenvalue weighted by molar-refractivity contribution is 7.93. The Kier molecular flexibility index (Phi) is 5.51. The van der Waals surface area contributed by atoms with Crippen molar-refractivity contribution >= 4 is 39.9 Å². The summed E-state index contributed by atoms with van der Waals surface area (Å²) in [5.41, 5.74) is -1.45. The van der Waals surface area contributed by atoms with E-state index in [1.54, 1.807) is 13.8 Å². The van der Waals surface area contributed by atoms with Crippen molar-refractivity contribution in [3.63, 3.8) is 0 Å². The summed E-state index contributed by atoms with van der Waals surface area (Å²) in [6, 6.07) is 2.63. The lowest BCUT2D eigenvalue weighted by Gasteiger charge is -2.32. The number of hydrogen-bond donors (Lipinski definition) is 1. The zero-order valence-corrected chi connectivity index (χ0v) is 16.9. The summed E-state index contributed by atoms with van der Waals surface area (Å²) < 4.78 is 53.4. The summed E-state index contributed by atoms with van der Waals surface area (Å²) in [5.74, 6) is -0.755. The Labute approximate surface area is 154 Å². The molecule has 2 rings (SSSR count). The molecule has 1 N–H and O–H groups in total. The summed E-state index contributed by atoms with van der Waals surface area (Å²) in [4.78, 5) is 0. The first kappa shape index (κ1) is 20.5. The molecule has 0 spiro atoms. The molecule has 5 nitrogen and oxygen atoms in total. The van der Waals surface area contributed by atoms with Crippen LogP contribution < -0.4 is 10.2 Å². The summed E-state index contributed by atoms with van der Waals surface area (Å²) in [5, 5.41) is -0.473. The van der Waals surface area contributed by atoms with Gasteiger partial charge in [0, 0.05) is 10.5 Å². The Morgan fingerprint density at radius 2 is 1.76 bits per heavy atom. The summed E-state index contributed by atoms with van der Waals surface area (Å²) in [7, 11) is -4.70. The minimum absolute atomic E-state index is 0.0630. The highest BCUT2D eigenvalue weighted by Crippen LogP contribution is 2.37. The maximum Gasteiger partial charge on any atom is 0.497 e. The van der Waals surface area contributed by atoms with Crippen molar-refractivity contribution in [2.75, 3.05) is 4.72 Å². The van der Waals surface area contributed by atoms with E-state index in [1.807, 2.05) is 27.7 Å². The van der Waals surface area contributed by atoms with E-state index in [0.717, 1.165) is 0 Å². The van der Waals surface area contributed by atoms with Crippen molar-refractivity contribution in [3.05, 3.63) is 23.0 Å². The van der Waals surface area contributed by atoms with Crippen LogP contribution in [0.4, 0.5) is 10.1 Å². The van der Waals surface area contributed by atoms with Crippen molar-refractivity contribution in [3.8, 4) is 0 Å². The molecule has 0 aliphatic carbocycles. The SMILES string of the molecule is CCC(C)S(=O)(=O)Nc1cc(Cl)cc(B2OC(C)(C)C(C)(C)O2)c1F. The number of nitrogens with one attached hydrogen (secondary N) is 1. The molecule has 9 heteroatoms. The van der Waals surface area contributed by atoms with Gasteiger partial charge in [-0.2, -0.15) is 0 Å². The van der Waals surface area contributed by atoms with E-state index in [1.165, 1.54) is 12.1 Å². The number of sulfonamides is 1. The third-order valence-corrected chi connectivity index (χ3v) is 7.04. The largest absolute Gasteiger partial charge is 0.497 e. The Morgan fingerprint density at radius 1 is 1.24 bits per heavy atom. The minimum Gasteiger partial charge on any atom is -0.399 e. The molecule has 0 bridgehead atoms.